The highest BCUT2D eigenvalue weighted by molar-refractivity contribution is 7.90. The van der Waals surface area contributed by atoms with Gasteiger partial charge in [0.15, 0.2) is 9.84 Å². The molecule has 4 nitrogen and oxygen atoms in total. The number of aryl methyl sites for hydroxylation is 1. The number of carbonyl (C=O) groups is 1. The van der Waals surface area contributed by atoms with Gasteiger partial charge >= 0.3 is 5.97 Å². The third-order valence-corrected chi connectivity index (χ3v) is 6.33. The maximum Gasteiger partial charge on any atom is 0.337 e. The third kappa shape index (κ3) is 3.64. The van der Waals surface area contributed by atoms with Gasteiger partial charge in [-0.25, -0.2) is 13.2 Å². The summed E-state index contributed by atoms with van der Waals surface area (Å²) in [5, 5.41) is 9.02. The van der Waals surface area contributed by atoms with Crippen molar-refractivity contribution in [2.24, 2.45) is 0 Å². The van der Waals surface area contributed by atoms with Crippen LogP contribution in [0.15, 0.2) is 35.2 Å². The third-order valence-electron chi connectivity index (χ3n) is 2.93. The van der Waals surface area contributed by atoms with Gasteiger partial charge in [0.1, 0.15) is 0 Å². The Morgan fingerprint density at radius 1 is 1.24 bits per heavy atom. The number of halogens is 1. The first kappa shape index (κ1) is 16.0. The zero-order chi connectivity index (χ0) is 15.6. The van der Waals surface area contributed by atoms with Crippen LogP contribution in [0.5, 0.6) is 0 Å². The molecule has 0 atom stereocenters. The molecular weight excluding hydrogens is 332 g/mol. The zero-order valence-corrected chi connectivity index (χ0v) is 13.6. The molecule has 1 aromatic carbocycles. The van der Waals surface area contributed by atoms with Crippen LogP contribution in [0.25, 0.3) is 0 Å². The summed E-state index contributed by atoms with van der Waals surface area (Å²) in [6.45, 7) is 2.00. The summed E-state index contributed by atoms with van der Waals surface area (Å²) in [6.07, 6.45) is 0.856. The van der Waals surface area contributed by atoms with E-state index in [0.29, 0.717) is 0 Å². The minimum absolute atomic E-state index is 0.0193. The summed E-state index contributed by atoms with van der Waals surface area (Å²) in [5.74, 6) is -1.39. The Morgan fingerprint density at radius 3 is 2.48 bits per heavy atom. The lowest BCUT2D eigenvalue weighted by molar-refractivity contribution is 0.0697. The molecule has 0 amide bonds. The van der Waals surface area contributed by atoms with Crippen molar-refractivity contribution in [2.45, 2.75) is 24.0 Å². The molecule has 0 aliphatic rings. The van der Waals surface area contributed by atoms with E-state index in [4.69, 9.17) is 16.7 Å². The van der Waals surface area contributed by atoms with Gasteiger partial charge in [0, 0.05) is 9.75 Å². The van der Waals surface area contributed by atoms with Crippen LogP contribution in [0.1, 0.15) is 27.0 Å². The average Bonchev–Trinajstić information content (AvgIpc) is 2.85. The van der Waals surface area contributed by atoms with E-state index in [1.807, 2.05) is 13.0 Å². The van der Waals surface area contributed by atoms with Crippen molar-refractivity contribution in [3.8, 4) is 0 Å². The summed E-state index contributed by atoms with van der Waals surface area (Å²) >= 11 is 7.20. The van der Waals surface area contributed by atoms with Gasteiger partial charge in [-0.3, -0.25) is 0 Å². The van der Waals surface area contributed by atoms with E-state index in [2.05, 4.69) is 0 Å². The van der Waals surface area contributed by atoms with E-state index in [0.717, 1.165) is 22.2 Å². The maximum absolute atomic E-state index is 12.4. The highest BCUT2D eigenvalue weighted by atomic mass is 35.5. The second kappa shape index (κ2) is 6.17. The fraction of sp³-hybridized carbons (Fsp3) is 0.214. The molecule has 0 fully saturated rings. The van der Waals surface area contributed by atoms with Gasteiger partial charge in [0.05, 0.1) is 21.2 Å². The fourth-order valence-electron chi connectivity index (χ4n) is 1.82. The Hall–Kier alpha value is -1.37. The number of carboxylic acids is 1. The van der Waals surface area contributed by atoms with Crippen molar-refractivity contribution in [3.63, 3.8) is 0 Å². The first-order valence-corrected chi connectivity index (χ1v) is 9.01. The highest BCUT2D eigenvalue weighted by Crippen LogP contribution is 2.26. The van der Waals surface area contributed by atoms with Crippen LogP contribution in [0, 0.1) is 0 Å². The molecule has 21 heavy (non-hydrogen) atoms. The summed E-state index contributed by atoms with van der Waals surface area (Å²) in [5.41, 5.74) is -0.210. The molecule has 7 heteroatoms. The van der Waals surface area contributed by atoms with Gasteiger partial charge < -0.3 is 5.11 Å². The SMILES string of the molecule is CCc1ccc(CS(=O)(=O)c2ccc(Cl)c(C(=O)O)c2)s1. The van der Waals surface area contributed by atoms with E-state index < -0.39 is 15.8 Å². The lowest BCUT2D eigenvalue weighted by Crippen LogP contribution is -2.06. The second-order valence-corrected chi connectivity index (χ2v) is 8.08. The number of carboxylic acid groups (broad SMARTS) is 1. The Kier molecular flexibility index (Phi) is 4.70. The number of sulfone groups is 1. The van der Waals surface area contributed by atoms with Crippen LogP contribution >= 0.6 is 22.9 Å². The van der Waals surface area contributed by atoms with Crippen molar-refractivity contribution >= 4 is 38.7 Å². The second-order valence-electron chi connectivity index (χ2n) is 4.43. The Morgan fingerprint density at radius 2 is 1.90 bits per heavy atom. The molecule has 1 aromatic heterocycles. The highest BCUT2D eigenvalue weighted by Gasteiger charge is 2.20. The van der Waals surface area contributed by atoms with Gasteiger partial charge in [-0.15, -0.1) is 11.3 Å². The van der Waals surface area contributed by atoms with Crippen LogP contribution in [0.2, 0.25) is 5.02 Å². The van der Waals surface area contributed by atoms with Crippen molar-refractivity contribution in [1.29, 1.82) is 0 Å². The van der Waals surface area contributed by atoms with Gasteiger partial charge in [0.2, 0.25) is 0 Å². The lowest BCUT2D eigenvalue weighted by Gasteiger charge is -2.05. The first-order chi connectivity index (χ1) is 9.83. The number of benzene rings is 1. The topological polar surface area (TPSA) is 71.4 Å². The van der Waals surface area contributed by atoms with Gasteiger partial charge in [-0.05, 0) is 36.8 Å². The van der Waals surface area contributed by atoms with Crippen LogP contribution in [0.4, 0.5) is 0 Å². The molecule has 0 bridgehead atoms. The molecule has 2 rings (SSSR count). The molecular formula is C14H13ClO4S2. The van der Waals surface area contributed by atoms with Crippen LogP contribution in [-0.4, -0.2) is 19.5 Å². The molecule has 0 unspecified atom stereocenters. The number of hydrogen-bond donors (Lipinski definition) is 1. The minimum Gasteiger partial charge on any atom is -0.478 e. The fourth-order valence-corrected chi connectivity index (χ4v) is 4.69. The molecule has 0 aliphatic heterocycles. The van der Waals surface area contributed by atoms with Gasteiger partial charge in [0.25, 0.3) is 0 Å². The Bertz CT molecular complexity index is 778. The molecule has 2 aromatic rings. The summed E-state index contributed by atoms with van der Waals surface area (Å²) in [4.78, 5) is 12.8. The summed E-state index contributed by atoms with van der Waals surface area (Å²) in [6, 6.07) is 7.42. The predicted molar refractivity (Wildman–Crippen MR) is 83.0 cm³/mol. The van der Waals surface area contributed by atoms with E-state index in [9.17, 15) is 13.2 Å². The summed E-state index contributed by atoms with van der Waals surface area (Å²) in [7, 11) is -3.59. The van der Waals surface area contributed by atoms with Gasteiger partial charge in [-0.1, -0.05) is 18.5 Å². The minimum atomic E-state index is -3.59. The standard InChI is InChI=1S/C14H13ClO4S2/c1-2-9-3-4-10(20-9)8-21(18,19)11-5-6-13(15)12(7-11)14(16)17/h3-7H,2,8H2,1H3,(H,16,17). The Labute approximate surface area is 131 Å². The number of aromatic carboxylic acids is 1. The quantitative estimate of drug-likeness (QED) is 0.898. The number of hydrogen-bond acceptors (Lipinski definition) is 4. The van der Waals surface area contributed by atoms with Crippen molar-refractivity contribution in [3.05, 3.63) is 50.7 Å². The largest absolute Gasteiger partial charge is 0.478 e. The molecule has 0 saturated heterocycles. The predicted octanol–water partition coefficient (Wildman–Crippen LogP) is 3.64. The van der Waals surface area contributed by atoms with E-state index in [1.165, 1.54) is 23.5 Å². The summed E-state index contributed by atoms with van der Waals surface area (Å²) < 4.78 is 24.7. The monoisotopic (exact) mass is 344 g/mol. The lowest BCUT2D eigenvalue weighted by atomic mass is 10.2. The molecule has 0 saturated carbocycles. The molecule has 1 heterocycles. The molecule has 112 valence electrons. The smallest absolute Gasteiger partial charge is 0.337 e. The zero-order valence-electron chi connectivity index (χ0n) is 11.2. The maximum atomic E-state index is 12.4. The number of thiophene rings is 1. The molecule has 0 radical (unpaired) electrons. The first-order valence-electron chi connectivity index (χ1n) is 6.16. The van der Waals surface area contributed by atoms with Crippen LogP contribution in [0.3, 0.4) is 0 Å². The van der Waals surface area contributed by atoms with E-state index in [-0.39, 0.29) is 21.2 Å². The number of rotatable bonds is 5. The Balaban J connectivity index is 2.35. The van der Waals surface area contributed by atoms with E-state index >= 15 is 0 Å². The van der Waals surface area contributed by atoms with Crippen molar-refractivity contribution in [1.82, 2.24) is 0 Å². The molecule has 0 spiro atoms. The molecule has 1 N–H and O–H groups in total. The van der Waals surface area contributed by atoms with Gasteiger partial charge in [-0.2, -0.15) is 0 Å². The normalized spacial score (nSPS) is 11.5. The van der Waals surface area contributed by atoms with Crippen molar-refractivity contribution < 1.29 is 18.3 Å². The molecule has 0 aliphatic carbocycles. The van der Waals surface area contributed by atoms with Crippen LogP contribution in [-0.2, 0) is 22.0 Å². The van der Waals surface area contributed by atoms with Crippen molar-refractivity contribution in [2.75, 3.05) is 0 Å². The average molecular weight is 345 g/mol. The van der Waals surface area contributed by atoms with E-state index in [1.54, 1.807) is 6.07 Å². The van der Waals surface area contributed by atoms with Crippen LogP contribution < -0.4 is 0 Å².